The van der Waals surface area contributed by atoms with Gasteiger partial charge in [-0.25, -0.2) is 18.6 Å². The van der Waals surface area contributed by atoms with E-state index >= 15 is 0 Å². The van der Waals surface area contributed by atoms with Crippen molar-refractivity contribution in [3.8, 4) is 11.5 Å². The highest BCUT2D eigenvalue weighted by Crippen LogP contribution is 2.29. The molecule has 24 heavy (non-hydrogen) atoms. The van der Waals surface area contributed by atoms with Crippen molar-refractivity contribution < 1.29 is 27.4 Å². The van der Waals surface area contributed by atoms with Crippen molar-refractivity contribution in [3.63, 3.8) is 0 Å². The Morgan fingerprint density at radius 2 is 1.79 bits per heavy atom. The van der Waals surface area contributed by atoms with Crippen molar-refractivity contribution in [2.45, 2.75) is 26.4 Å². The fourth-order valence-electron chi connectivity index (χ4n) is 1.68. The molecule has 1 aromatic heterocycles. The topological polar surface area (TPSA) is 48.4 Å². The zero-order valence-electron chi connectivity index (χ0n) is 13.0. The number of halogens is 4. The molecule has 0 saturated heterocycles. The molecule has 0 amide bonds. The van der Waals surface area contributed by atoms with Gasteiger partial charge in [0.25, 0.3) is 0 Å². The number of rotatable bonds is 3. The van der Waals surface area contributed by atoms with Crippen molar-refractivity contribution >= 4 is 17.6 Å². The molecule has 0 bridgehead atoms. The van der Waals surface area contributed by atoms with E-state index < -0.39 is 40.5 Å². The standard InChI is InChI=1S/C16H13ClF3NO3/c1-16(2,3)24-15(22)9-5-12(19)13(6-11(9)18)23-8-4-10(17)14(20)21-7-8/h4-7H,1-3H3. The highest BCUT2D eigenvalue weighted by molar-refractivity contribution is 6.30. The van der Waals surface area contributed by atoms with Crippen LogP contribution in [0.15, 0.2) is 24.4 Å². The number of aromatic nitrogens is 1. The summed E-state index contributed by atoms with van der Waals surface area (Å²) in [6.07, 6.45) is 0.959. The van der Waals surface area contributed by atoms with Crippen molar-refractivity contribution in [3.05, 3.63) is 52.6 Å². The highest BCUT2D eigenvalue weighted by atomic mass is 35.5. The molecule has 0 radical (unpaired) electrons. The maximum Gasteiger partial charge on any atom is 0.341 e. The third-order valence-electron chi connectivity index (χ3n) is 2.64. The number of hydrogen-bond acceptors (Lipinski definition) is 4. The Hall–Kier alpha value is -2.28. The van der Waals surface area contributed by atoms with Crippen LogP contribution in [0, 0.1) is 17.6 Å². The second-order valence-electron chi connectivity index (χ2n) is 5.81. The number of pyridine rings is 1. The maximum absolute atomic E-state index is 14.1. The van der Waals surface area contributed by atoms with Crippen LogP contribution in [0.2, 0.25) is 5.02 Å². The number of ether oxygens (including phenoxy) is 2. The molecular weight excluding hydrogens is 347 g/mol. The van der Waals surface area contributed by atoms with E-state index in [9.17, 15) is 18.0 Å². The van der Waals surface area contributed by atoms with E-state index in [1.165, 1.54) is 0 Å². The minimum atomic E-state index is -1.03. The van der Waals surface area contributed by atoms with Crippen LogP contribution < -0.4 is 4.74 Å². The van der Waals surface area contributed by atoms with E-state index in [0.717, 1.165) is 12.3 Å². The normalized spacial score (nSPS) is 11.3. The first kappa shape index (κ1) is 18.1. The second-order valence-corrected chi connectivity index (χ2v) is 6.22. The molecule has 128 valence electrons. The number of hydrogen-bond donors (Lipinski definition) is 0. The first-order valence-corrected chi connectivity index (χ1v) is 7.16. The summed E-state index contributed by atoms with van der Waals surface area (Å²) >= 11 is 5.53. The van der Waals surface area contributed by atoms with E-state index in [2.05, 4.69) is 4.98 Å². The zero-order valence-corrected chi connectivity index (χ0v) is 13.7. The zero-order chi connectivity index (χ0) is 18.1. The molecule has 1 aromatic carbocycles. The van der Waals surface area contributed by atoms with Gasteiger partial charge in [0, 0.05) is 12.1 Å². The molecule has 1 heterocycles. The minimum Gasteiger partial charge on any atom is -0.456 e. The Labute approximate surface area is 141 Å². The summed E-state index contributed by atoms with van der Waals surface area (Å²) in [6.45, 7) is 4.80. The third kappa shape index (κ3) is 4.38. The second kappa shape index (κ2) is 6.68. The van der Waals surface area contributed by atoms with E-state index in [1.807, 2.05) is 0 Å². The molecule has 2 rings (SSSR count). The highest BCUT2D eigenvalue weighted by Gasteiger charge is 2.23. The van der Waals surface area contributed by atoms with Crippen molar-refractivity contribution in [1.82, 2.24) is 4.98 Å². The number of carbonyl (C=O) groups is 1. The smallest absolute Gasteiger partial charge is 0.341 e. The maximum atomic E-state index is 14.1. The Morgan fingerprint density at radius 3 is 2.38 bits per heavy atom. The van der Waals surface area contributed by atoms with Gasteiger partial charge in [0.1, 0.15) is 17.2 Å². The molecule has 0 atom stereocenters. The monoisotopic (exact) mass is 359 g/mol. The van der Waals surface area contributed by atoms with Crippen LogP contribution in [0.3, 0.4) is 0 Å². The van der Waals surface area contributed by atoms with Gasteiger partial charge in [-0.2, -0.15) is 4.39 Å². The number of carbonyl (C=O) groups excluding carboxylic acids is 1. The molecule has 2 aromatic rings. The lowest BCUT2D eigenvalue weighted by Crippen LogP contribution is -2.24. The number of benzene rings is 1. The summed E-state index contributed by atoms with van der Waals surface area (Å²) in [5.74, 6) is -4.55. The average molecular weight is 360 g/mol. The fraction of sp³-hybridized carbons (Fsp3) is 0.250. The lowest BCUT2D eigenvalue weighted by atomic mass is 10.1. The molecule has 0 N–H and O–H groups in total. The Morgan fingerprint density at radius 1 is 1.12 bits per heavy atom. The first-order valence-electron chi connectivity index (χ1n) is 6.78. The fourth-order valence-corrected chi connectivity index (χ4v) is 1.84. The van der Waals surface area contributed by atoms with Gasteiger partial charge in [-0.1, -0.05) is 11.6 Å². The summed E-state index contributed by atoms with van der Waals surface area (Å²) in [5, 5.41) is -0.334. The van der Waals surface area contributed by atoms with E-state index in [1.54, 1.807) is 20.8 Å². The van der Waals surface area contributed by atoms with Gasteiger partial charge in [-0.05, 0) is 26.8 Å². The van der Waals surface area contributed by atoms with Crippen molar-refractivity contribution in [1.29, 1.82) is 0 Å². The summed E-state index contributed by atoms with van der Waals surface area (Å²) in [4.78, 5) is 15.1. The van der Waals surface area contributed by atoms with Crippen LogP contribution in [0.5, 0.6) is 11.5 Å². The number of nitrogens with zero attached hydrogens (tertiary/aromatic N) is 1. The summed E-state index contributed by atoms with van der Waals surface area (Å²) in [7, 11) is 0. The van der Waals surface area contributed by atoms with Gasteiger partial charge in [-0.3, -0.25) is 0 Å². The Balaban J connectivity index is 2.29. The van der Waals surface area contributed by atoms with E-state index in [4.69, 9.17) is 21.1 Å². The van der Waals surface area contributed by atoms with E-state index in [0.29, 0.717) is 12.1 Å². The molecular formula is C16H13ClF3NO3. The van der Waals surface area contributed by atoms with Gasteiger partial charge < -0.3 is 9.47 Å². The van der Waals surface area contributed by atoms with Crippen LogP contribution in [0.25, 0.3) is 0 Å². The molecule has 0 aliphatic rings. The number of esters is 1. The van der Waals surface area contributed by atoms with Crippen LogP contribution in [0.1, 0.15) is 31.1 Å². The Kier molecular flexibility index (Phi) is 5.03. The third-order valence-corrected chi connectivity index (χ3v) is 2.90. The van der Waals surface area contributed by atoms with Crippen molar-refractivity contribution in [2.75, 3.05) is 0 Å². The van der Waals surface area contributed by atoms with Crippen molar-refractivity contribution in [2.24, 2.45) is 0 Å². The van der Waals surface area contributed by atoms with Crippen LogP contribution in [-0.4, -0.2) is 16.6 Å². The lowest BCUT2D eigenvalue weighted by molar-refractivity contribution is 0.00641. The predicted octanol–water partition coefficient (Wildman–Crippen LogP) is 4.90. The largest absolute Gasteiger partial charge is 0.456 e. The summed E-state index contributed by atoms with van der Waals surface area (Å²) in [6, 6.07) is 2.41. The molecule has 0 aliphatic carbocycles. The first-order chi connectivity index (χ1) is 11.1. The van der Waals surface area contributed by atoms with Crippen LogP contribution >= 0.6 is 11.6 Å². The molecule has 0 unspecified atom stereocenters. The van der Waals surface area contributed by atoms with Crippen LogP contribution in [-0.2, 0) is 4.74 Å². The molecule has 0 fully saturated rings. The molecule has 8 heteroatoms. The van der Waals surface area contributed by atoms with Gasteiger partial charge >= 0.3 is 5.97 Å². The van der Waals surface area contributed by atoms with Crippen LogP contribution in [0.4, 0.5) is 13.2 Å². The van der Waals surface area contributed by atoms with Gasteiger partial charge in [0.2, 0.25) is 5.95 Å². The Bertz CT molecular complexity index is 791. The van der Waals surface area contributed by atoms with E-state index in [-0.39, 0.29) is 10.8 Å². The van der Waals surface area contributed by atoms with Gasteiger partial charge in [0.05, 0.1) is 16.8 Å². The molecule has 4 nitrogen and oxygen atoms in total. The molecule has 0 saturated carbocycles. The minimum absolute atomic E-state index is 0.0929. The lowest BCUT2D eigenvalue weighted by Gasteiger charge is -2.19. The summed E-state index contributed by atoms with van der Waals surface area (Å²) in [5.41, 5.74) is -1.42. The average Bonchev–Trinajstić information content (AvgIpc) is 2.44. The predicted molar refractivity (Wildman–Crippen MR) is 80.8 cm³/mol. The van der Waals surface area contributed by atoms with Gasteiger partial charge in [-0.15, -0.1) is 0 Å². The molecule has 0 spiro atoms. The summed E-state index contributed by atoms with van der Waals surface area (Å²) < 4.78 is 51.2. The van der Waals surface area contributed by atoms with Gasteiger partial charge in [0.15, 0.2) is 11.6 Å². The SMILES string of the molecule is CC(C)(C)OC(=O)c1cc(F)c(Oc2cnc(F)c(Cl)c2)cc1F. The molecule has 0 aliphatic heterocycles. The quantitative estimate of drug-likeness (QED) is 0.577.